The third-order valence-corrected chi connectivity index (χ3v) is 5.87. The van der Waals surface area contributed by atoms with Crippen LogP contribution in [0.15, 0.2) is 33.9 Å². The molecule has 188 valence electrons. The van der Waals surface area contributed by atoms with Crippen molar-refractivity contribution in [3.8, 4) is 0 Å². The lowest BCUT2D eigenvalue weighted by molar-refractivity contribution is -0.116. The monoisotopic (exact) mass is 483 g/mol. The Morgan fingerprint density at radius 2 is 1.74 bits per heavy atom. The number of hydrogen-bond donors (Lipinski definition) is 2. The second-order valence-electron chi connectivity index (χ2n) is 8.41. The van der Waals surface area contributed by atoms with E-state index in [4.69, 9.17) is 4.74 Å². The zero-order valence-corrected chi connectivity index (χ0v) is 20.6. The highest BCUT2D eigenvalue weighted by Crippen LogP contribution is 2.18. The SMILES string of the molecule is CCCCCn1c(CCC(=O)Nc2ccccc2C(=O)OC)nc2c1c(=O)[nH]c(=O)n2CCCC. The molecule has 0 atom stereocenters. The third kappa shape index (κ3) is 6.06. The standard InChI is InChI=1S/C25H33N5O5/c1-4-6-10-16-29-19(27-22-21(29)23(32)28-25(34)30(22)15-7-5-2)13-14-20(31)26-18-12-9-8-11-17(18)24(33)35-3/h8-9,11-12H,4-7,10,13-16H2,1-3H3,(H,26,31)(H,28,32,34). The normalized spacial score (nSPS) is 11.1. The number of rotatable bonds is 12. The molecule has 0 radical (unpaired) electrons. The molecule has 1 amide bonds. The fourth-order valence-corrected chi connectivity index (χ4v) is 4.01. The number of methoxy groups -OCH3 is 1. The Bertz CT molecular complexity index is 1300. The highest BCUT2D eigenvalue weighted by molar-refractivity contribution is 6.01. The first-order chi connectivity index (χ1) is 16.9. The Morgan fingerprint density at radius 3 is 2.46 bits per heavy atom. The maximum Gasteiger partial charge on any atom is 0.339 e. The number of para-hydroxylation sites is 1. The fourth-order valence-electron chi connectivity index (χ4n) is 4.01. The van der Waals surface area contributed by atoms with E-state index in [2.05, 4.69) is 22.2 Å². The number of amides is 1. The predicted molar refractivity (Wildman–Crippen MR) is 134 cm³/mol. The van der Waals surface area contributed by atoms with Crippen molar-refractivity contribution in [1.82, 2.24) is 19.1 Å². The van der Waals surface area contributed by atoms with Crippen molar-refractivity contribution < 1.29 is 14.3 Å². The lowest BCUT2D eigenvalue weighted by Crippen LogP contribution is -2.31. The molecule has 0 aliphatic heterocycles. The van der Waals surface area contributed by atoms with Crippen molar-refractivity contribution >= 4 is 28.7 Å². The van der Waals surface area contributed by atoms with Gasteiger partial charge < -0.3 is 14.6 Å². The summed E-state index contributed by atoms with van der Waals surface area (Å²) in [6, 6.07) is 6.62. The van der Waals surface area contributed by atoms with E-state index in [1.807, 2.05) is 11.5 Å². The second kappa shape index (κ2) is 12.1. The molecule has 0 saturated carbocycles. The van der Waals surface area contributed by atoms with E-state index >= 15 is 0 Å². The van der Waals surface area contributed by atoms with Crippen molar-refractivity contribution in [3.05, 3.63) is 56.5 Å². The van der Waals surface area contributed by atoms with Gasteiger partial charge in [0.2, 0.25) is 5.91 Å². The van der Waals surface area contributed by atoms with Crippen molar-refractivity contribution in [3.63, 3.8) is 0 Å². The van der Waals surface area contributed by atoms with Crippen molar-refractivity contribution in [2.24, 2.45) is 0 Å². The smallest absolute Gasteiger partial charge is 0.339 e. The van der Waals surface area contributed by atoms with Crippen LogP contribution < -0.4 is 16.6 Å². The van der Waals surface area contributed by atoms with E-state index in [0.717, 1.165) is 32.1 Å². The number of aryl methyl sites for hydroxylation is 3. The van der Waals surface area contributed by atoms with Crippen LogP contribution in [0, 0.1) is 0 Å². The summed E-state index contributed by atoms with van der Waals surface area (Å²) >= 11 is 0. The van der Waals surface area contributed by atoms with Crippen LogP contribution in [0.1, 0.15) is 68.6 Å². The van der Waals surface area contributed by atoms with Crippen molar-refractivity contribution in [2.75, 3.05) is 12.4 Å². The Morgan fingerprint density at radius 1 is 1.03 bits per heavy atom. The molecule has 1 aromatic carbocycles. The summed E-state index contributed by atoms with van der Waals surface area (Å²) < 4.78 is 8.12. The molecule has 0 aliphatic carbocycles. The highest BCUT2D eigenvalue weighted by Gasteiger charge is 2.20. The number of nitrogens with zero attached hydrogens (tertiary/aromatic N) is 3. The molecule has 0 bridgehead atoms. The zero-order valence-electron chi connectivity index (χ0n) is 20.6. The number of unbranched alkanes of at least 4 members (excludes halogenated alkanes) is 3. The Kier molecular flexibility index (Phi) is 8.99. The molecule has 0 saturated heterocycles. The fraction of sp³-hybridized carbons (Fsp3) is 0.480. The molecular formula is C25H33N5O5. The van der Waals surface area contributed by atoms with Gasteiger partial charge in [-0.2, -0.15) is 0 Å². The van der Waals surface area contributed by atoms with E-state index in [1.54, 1.807) is 24.3 Å². The number of carbonyl (C=O) groups excluding carboxylic acids is 2. The molecule has 2 heterocycles. The quantitative estimate of drug-likeness (QED) is 0.301. The van der Waals surface area contributed by atoms with Gasteiger partial charge >= 0.3 is 11.7 Å². The number of aromatic nitrogens is 4. The van der Waals surface area contributed by atoms with Crippen LogP contribution in [0.4, 0.5) is 5.69 Å². The maximum atomic E-state index is 12.7. The van der Waals surface area contributed by atoms with E-state index < -0.39 is 17.2 Å². The number of H-pyrrole nitrogens is 1. The van der Waals surface area contributed by atoms with Gasteiger partial charge in [0, 0.05) is 25.9 Å². The van der Waals surface area contributed by atoms with Crippen LogP contribution in [0.5, 0.6) is 0 Å². The summed E-state index contributed by atoms with van der Waals surface area (Å²) in [5.41, 5.74) is 0.410. The number of nitrogens with one attached hydrogen (secondary N) is 2. The number of benzene rings is 1. The Hall–Kier alpha value is -3.69. The molecule has 2 N–H and O–H groups in total. The minimum Gasteiger partial charge on any atom is -0.465 e. The molecule has 2 aromatic heterocycles. The first-order valence-electron chi connectivity index (χ1n) is 12.1. The van der Waals surface area contributed by atoms with E-state index in [-0.39, 0.29) is 24.3 Å². The second-order valence-corrected chi connectivity index (χ2v) is 8.41. The van der Waals surface area contributed by atoms with Gasteiger partial charge in [-0.25, -0.2) is 14.6 Å². The van der Waals surface area contributed by atoms with Gasteiger partial charge in [-0.15, -0.1) is 0 Å². The van der Waals surface area contributed by atoms with E-state index in [9.17, 15) is 19.2 Å². The minimum atomic E-state index is -0.539. The van der Waals surface area contributed by atoms with Gasteiger partial charge in [-0.3, -0.25) is 19.1 Å². The Balaban J connectivity index is 1.90. The largest absolute Gasteiger partial charge is 0.465 e. The lowest BCUT2D eigenvalue weighted by atomic mass is 10.1. The zero-order chi connectivity index (χ0) is 25.4. The first-order valence-corrected chi connectivity index (χ1v) is 12.1. The number of ether oxygens (including phenoxy) is 1. The van der Waals surface area contributed by atoms with Gasteiger partial charge in [0.15, 0.2) is 11.2 Å². The first kappa shape index (κ1) is 25.9. The van der Waals surface area contributed by atoms with Gasteiger partial charge in [0.25, 0.3) is 5.56 Å². The van der Waals surface area contributed by atoms with Crippen molar-refractivity contribution in [1.29, 1.82) is 0 Å². The molecule has 0 unspecified atom stereocenters. The molecule has 10 heteroatoms. The minimum absolute atomic E-state index is 0.0870. The van der Waals surface area contributed by atoms with E-state index in [1.165, 1.54) is 11.7 Å². The number of anilines is 1. The topological polar surface area (TPSA) is 128 Å². The molecule has 0 spiro atoms. The molecule has 3 aromatic rings. The lowest BCUT2D eigenvalue weighted by Gasteiger charge is -2.11. The molecule has 0 aliphatic rings. The van der Waals surface area contributed by atoms with E-state index in [0.29, 0.717) is 35.8 Å². The summed E-state index contributed by atoms with van der Waals surface area (Å²) in [5, 5.41) is 2.76. The molecule has 0 fully saturated rings. The summed E-state index contributed by atoms with van der Waals surface area (Å²) in [6.07, 6.45) is 4.88. The predicted octanol–water partition coefficient (Wildman–Crippen LogP) is 3.23. The number of imidazole rings is 1. The average molecular weight is 484 g/mol. The van der Waals surface area contributed by atoms with Gasteiger partial charge in [-0.05, 0) is 25.0 Å². The number of fused-ring (bicyclic) bond motifs is 1. The number of carbonyl (C=O) groups is 2. The molecule has 10 nitrogen and oxygen atoms in total. The molecule has 35 heavy (non-hydrogen) atoms. The van der Waals surface area contributed by atoms with Crippen LogP contribution in [-0.4, -0.2) is 38.1 Å². The van der Waals surface area contributed by atoms with Gasteiger partial charge in [0.1, 0.15) is 5.82 Å². The molecule has 3 rings (SSSR count). The van der Waals surface area contributed by atoms with Crippen molar-refractivity contribution in [2.45, 2.75) is 71.9 Å². The van der Waals surface area contributed by atoms with Crippen LogP contribution >= 0.6 is 0 Å². The summed E-state index contributed by atoms with van der Waals surface area (Å²) in [4.78, 5) is 57.0. The van der Waals surface area contributed by atoms with Crippen LogP contribution in [0.3, 0.4) is 0 Å². The Labute approximate surface area is 203 Å². The van der Waals surface area contributed by atoms with Crippen LogP contribution in [0.25, 0.3) is 11.2 Å². The molecular weight excluding hydrogens is 450 g/mol. The van der Waals surface area contributed by atoms with Gasteiger partial charge in [-0.1, -0.05) is 45.2 Å². The summed E-state index contributed by atoms with van der Waals surface area (Å²) in [6.45, 7) is 5.15. The summed E-state index contributed by atoms with van der Waals surface area (Å²) in [7, 11) is 1.28. The average Bonchev–Trinajstić information content (AvgIpc) is 3.21. The number of aromatic amines is 1. The number of esters is 1. The third-order valence-electron chi connectivity index (χ3n) is 5.87. The number of hydrogen-bond acceptors (Lipinski definition) is 6. The highest BCUT2D eigenvalue weighted by atomic mass is 16.5. The van der Waals surface area contributed by atoms with Crippen LogP contribution in [0.2, 0.25) is 0 Å². The van der Waals surface area contributed by atoms with Crippen LogP contribution in [-0.2, 0) is 29.0 Å². The maximum absolute atomic E-state index is 12.7. The summed E-state index contributed by atoms with van der Waals surface area (Å²) in [5.74, 6) is -0.262. The van der Waals surface area contributed by atoms with Gasteiger partial charge in [0.05, 0.1) is 18.4 Å².